The van der Waals surface area contributed by atoms with Crippen LogP contribution in [0.5, 0.6) is 0 Å². The van der Waals surface area contributed by atoms with Crippen LogP contribution in [0.3, 0.4) is 0 Å². The molecule has 3 fully saturated rings. The molecule has 0 aromatic rings. The van der Waals surface area contributed by atoms with Gasteiger partial charge in [-0.2, -0.15) is 0 Å². The lowest BCUT2D eigenvalue weighted by Crippen LogP contribution is -2.51. The molecule has 0 amide bonds. The Morgan fingerprint density at radius 2 is 2.30 bits per heavy atom. The number of hydrogen-bond donors (Lipinski definition) is 2. The average Bonchev–Trinajstić information content (AvgIpc) is 2.06. The second-order valence-corrected chi connectivity index (χ2v) is 3.64. The number of rotatable bonds is 1. The molecule has 1 saturated carbocycles. The van der Waals surface area contributed by atoms with Gasteiger partial charge < -0.3 is 10.4 Å². The minimum Gasteiger partial charge on any atom is -0.396 e. The van der Waals surface area contributed by atoms with Crippen molar-refractivity contribution in [3.63, 3.8) is 0 Å². The third-order valence-corrected chi connectivity index (χ3v) is 2.99. The van der Waals surface area contributed by atoms with Crippen LogP contribution in [0.25, 0.3) is 0 Å². The largest absolute Gasteiger partial charge is 0.396 e. The lowest BCUT2D eigenvalue weighted by atomic mass is 9.74. The summed E-state index contributed by atoms with van der Waals surface area (Å²) in [5, 5.41) is 12.4. The molecule has 2 heterocycles. The molecule has 3 atom stereocenters. The fraction of sp³-hybridized carbons (Fsp3) is 1.00. The van der Waals surface area contributed by atoms with Crippen LogP contribution in [0.2, 0.25) is 0 Å². The molecule has 3 rings (SSSR count). The summed E-state index contributed by atoms with van der Waals surface area (Å²) in [5.74, 6) is 1.43. The van der Waals surface area contributed by atoms with E-state index < -0.39 is 0 Å². The smallest absolute Gasteiger partial charge is 0.0474 e. The van der Waals surface area contributed by atoms with Crippen molar-refractivity contribution in [2.24, 2.45) is 11.8 Å². The molecule has 0 unspecified atom stereocenters. The SMILES string of the molecule is OC[C@H]1C[C@H]2CC[C@H]1NC2. The van der Waals surface area contributed by atoms with Gasteiger partial charge in [-0.05, 0) is 37.6 Å². The summed E-state index contributed by atoms with van der Waals surface area (Å²) in [4.78, 5) is 0. The molecule has 58 valence electrons. The van der Waals surface area contributed by atoms with E-state index in [2.05, 4.69) is 5.32 Å². The summed E-state index contributed by atoms with van der Waals surface area (Å²) >= 11 is 0. The van der Waals surface area contributed by atoms with Gasteiger partial charge in [-0.25, -0.2) is 0 Å². The van der Waals surface area contributed by atoms with E-state index >= 15 is 0 Å². The molecular formula is C8H15NO. The number of aliphatic hydroxyl groups is 1. The molecule has 0 aromatic heterocycles. The Morgan fingerprint density at radius 1 is 1.40 bits per heavy atom. The van der Waals surface area contributed by atoms with Crippen molar-refractivity contribution in [1.82, 2.24) is 5.32 Å². The maximum Gasteiger partial charge on any atom is 0.0474 e. The van der Waals surface area contributed by atoms with E-state index in [1.807, 2.05) is 0 Å². The number of piperidine rings is 2. The molecule has 0 aromatic carbocycles. The van der Waals surface area contributed by atoms with Gasteiger partial charge in [-0.1, -0.05) is 0 Å². The molecular weight excluding hydrogens is 126 g/mol. The summed E-state index contributed by atoms with van der Waals surface area (Å²) in [6, 6.07) is 0.634. The molecule has 0 radical (unpaired) electrons. The average molecular weight is 141 g/mol. The van der Waals surface area contributed by atoms with Crippen LogP contribution in [0.15, 0.2) is 0 Å². The Kier molecular flexibility index (Phi) is 1.66. The van der Waals surface area contributed by atoms with Gasteiger partial charge in [0.25, 0.3) is 0 Å². The van der Waals surface area contributed by atoms with E-state index in [4.69, 9.17) is 5.11 Å². The van der Waals surface area contributed by atoms with Crippen LogP contribution in [0.4, 0.5) is 0 Å². The zero-order chi connectivity index (χ0) is 6.97. The number of fused-ring (bicyclic) bond motifs is 3. The van der Waals surface area contributed by atoms with Crippen molar-refractivity contribution in [2.75, 3.05) is 13.2 Å². The van der Waals surface area contributed by atoms with Gasteiger partial charge in [0.1, 0.15) is 0 Å². The highest BCUT2D eigenvalue weighted by atomic mass is 16.3. The first-order valence-corrected chi connectivity index (χ1v) is 4.24. The maximum atomic E-state index is 8.97. The van der Waals surface area contributed by atoms with E-state index in [1.165, 1.54) is 25.8 Å². The van der Waals surface area contributed by atoms with Gasteiger partial charge in [-0.3, -0.25) is 0 Å². The highest BCUT2D eigenvalue weighted by Gasteiger charge is 2.34. The Labute approximate surface area is 61.6 Å². The second kappa shape index (κ2) is 2.51. The summed E-state index contributed by atoms with van der Waals surface area (Å²) in [5.41, 5.74) is 0. The summed E-state index contributed by atoms with van der Waals surface area (Å²) < 4.78 is 0. The Hall–Kier alpha value is -0.0800. The van der Waals surface area contributed by atoms with Crippen LogP contribution < -0.4 is 5.32 Å². The van der Waals surface area contributed by atoms with Gasteiger partial charge in [0, 0.05) is 12.6 Å². The van der Waals surface area contributed by atoms with Gasteiger partial charge in [0.05, 0.1) is 0 Å². The Morgan fingerprint density at radius 3 is 2.60 bits per heavy atom. The molecule has 3 aliphatic rings. The minimum absolute atomic E-state index is 0.383. The van der Waals surface area contributed by atoms with Crippen molar-refractivity contribution < 1.29 is 5.11 Å². The van der Waals surface area contributed by atoms with Gasteiger partial charge in [-0.15, -0.1) is 0 Å². The normalized spacial score (nSPS) is 45.9. The van der Waals surface area contributed by atoms with Crippen LogP contribution in [-0.4, -0.2) is 24.3 Å². The van der Waals surface area contributed by atoms with Crippen molar-refractivity contribution in [3.8, 4) is 0 Å². The van der Waals surface area contributed by atoms with E-state index in [0.717, 1.165) is 5.92 Å². The first-order valence-electron chi connectivity index (χ1n) is 4.24. The quantitative estimate of drug-likeness (QED) is 0.553. The van der Waals surface area contributed by atoms with E-state index in [0.29, 0.717) is 18.6 Å². The molecule has 0 spiro atoms. The van der Waals surface area contributed by atoms with Crippen LogP contribution in [0, 0.1) is 11.8 Å². The second-order valence-electron chi connectivity index (χ2n) is 3.64. The standard InChI is InChI=1S/C8H15NO/c10-5-7-3-6-1-2-8(7)9-4-6/h6-10H,1-5H2/t6-,7-,8-/m1/s1. The minimum atomic E-state index is 0.383. The van der Waals surface area contributed by atoms with Crippen molar-refractivity contribution in [3.05, 3.63) is 0 Å². The van der Waals surface area contributed by atoms with Crippen molar-refractivity contribution in [1.29, 1.82) is 0 Å². The van der Waals surface area contributed by atoms with E-state index in [-0.39, 0.29) is 0 Å². The van der Waals surface area contributed by atoms with Crippen LogP contribution >= 0.6 is 0 Å². The number of nitrogens with one attached hydrogen (secondary N) is 1. The van der Waals surface area contributed by atoms with Crippen LogP contribution in [0.1, 0.15) is 19.3 Å². The molecule has 2 aliphatic heterocycles. The number of hydrogen-bond acceptors (Lipinski definition) is 2. The van der Waals surface area contributed by atoms with Crippen molar-refractivity contribution >= 4 is 0 Å². The van der Waals surface area contributed by atoms with Crippen molar-refractivity contribution in [2.45, 2.75) is 25.3 Å². The number of aliphatic hydroxyl groups excluding tert-OH is 1. The lowest BCUT2D eigenvalue weighted by Gasteiger charge is -2.42. The molecule has 10 heavy (non-hydrogen) atoms. The van der Waals surface area contributed by atoms with Crippen LogP contribution in [-0.2, 0) is 0 Å². The zero-order valence-electron chi connectivity index (χ0n) is 6.21. The topological polar surface area (TPSA) is 32.3 Å². The predicted molar refractivity (Wildman–Crippen MR) is 39.7 cm³/mol. The fourth-order valence-electron chi connectivity index (χ4n) is 2.34. The van der Waals surface area contributed by atoms with E-state index in [9.17, 15) is 0 Å². The highest BCUT2D eigenvalue weighted by molar-refractivity contribution is 4.90. The van der Waals surface area contributed by atoms with Gasteiger partial charge in [0.15, 0.2) is 0 Å². The first-order chi connectivity index (χ1) is 4.90. The molecule has 2 nitrogen and oxygen atoms in total. The summed E-state index contributed by atoms with van der Waals surface area (Å²) in [6.07, 6.45) is 3.93. The first kappa shape index (κ1) is 6.62. The summed E-state index contributed by atoms with van der Waals surface area (Å²) in [6.45, 7) is 1.58. The highest BCUT2D eigenvalue weighted by Crippen LogP contribution is 2.32. The Bertz CT molecular complexity index is 118. The maximum absolute atomic E-state index is 8.97. The third-order valence-electron chi connectivity index (χ3n) is 2.99. The van der Waals surface area contributed by atoms with Gasteiger partial charge in [0.2, 0.25) is 0 Å². The Balaban J connectivity index is 2.01. The zero-order valence-corrected chi connectivity index (χ0v) is 6.21. The third kappa shape index (κ3) is 0.956. The van der Waals surface area contributed by atoms with E-state index in [1.54, 1.807) is 0 Å². The predicted octanol–water partition coefficient (Wildman–Crippen LogP) is 0.367. The monoisotopic (exact) mass is 141 g/mol. The molecule has 2 N–H and O–H groups in total. The van der Waals surface area contributed by atoms with Gasteiger partial charge >= 0.3 is 0 Å². The summed E-state index contributed by atoms with van der Waals surface area (Å²) in [7, 11) is 0. The molecule has 2 saturated heterocycles. The fourth-order valence-corrected chi connectivity index (χ4v) is 2.34. The molecule has 1 aliphatic carbocycles. The molecule has 2 bridgehead atoms. The molecule has 2 heteroatoms. The lowest BCUT2D eigenvalue weighted by molar-refractivity contribution is 0.0845.